The van der Waals surface area contributed by atoms with Gasteiger partial charge in [-0.15, -0.1) is 0 Å². The molecular formula is C11H12ClN5. The normalized spacial score (nSPS) is 30.3. The number of hydrogen-bond acceptors (Lipinski definition) is 3. The van der Waals surface area contributed by atoms with Crippen molar-refractivity contribution in [1.82, 2.24) is 10.3 Å². The van der Waals surface area contributed by atoms with E-state index in [1.807, 2.05) is 6.07 Å². The molecule has 1 N–H and O–H groups in total. The fourth-order valence-electron chi connectivity index (χ4n) is 2.97. The van der Waals surface area contributed by atoms with Gasteiger partial charge in [0.2, 0.25) is 0 Å². The van der Waals surface area contributed by atoms with Crippen LogP contribution in [0, 0.1) is 0 Å². The Morgan fingerprint density at radius 1 is 1.53 bits per heavy atom. The Kier molecular flexibility index (Phi) is 2.67. The van der Waals surface area contributed by atoms with Gasteiger partial charge in [-0.2, -0.15) is 0 Å². The summed E-state index contributed by atoms with van der Waals surface area (Å²) in [4.78, 5) is 6.87. The van der Waals surface area contributed by atoms with E-state index in [2.05, 4.69) is 20.3 Å². The fourth-order valence-corrected chi connectivity index (χ4v) is 3.11. The van der Waals surface area contributed by atoms with Crippen molar-refractivity contribution < 1.29 is 0 Å². The Hall–Kier alpha value is -1.29. The van der Waals surface area contributed by atoms with E-state index in [-0.39, 0.29) is 5.15 Å². The zero-order valence-electron chi connectivity index (χ0n) is 9.17. The molecule has 0 spiro atoms. The number of nitrogens with one attached hydrogen (secondary N) is 1. The summed E-state index contributed by atoms with van der Waals surface area (Å²) in [6.45, 7) is 0. The minimum atomic E-state index is 0.266. The lowest BCUT2D eigenvalue weighted by Crippen LogP contribution is -2.21. The van der Waals surface area contributed by atoms with E-state index >= 15 is 0 Å². The molecule has 3 heterocycles. The minimum Gasteiger partial charge on any atom is -0.311 e. The van der Waals surface area contributed by atoms with Gasteiger partial charge in [-0.25, -0.2) is 4.98 Å². The minimum absolute atomic E-state index is 0.266. The second-order valence-electron chi connectivity index (χ2n) is 4.66. The number of azide groups is 1. The summed E-state index contributed by atoms with van der Waals surface area (Å²) in [7, 11) is 0. The molecule has 2 aliphatic rings. The van der Waals surface area contributed by atoms with Crippen molar-refractivity contribution in [2.45, 2.75) is 37.3 Å². The molecule has 2 bridgehead atoms. The van der Waals surface area contributed by atoms with Crippen molar-refractivity contribution in [3.8, 4) is 0 Å². The van der Waals surface area contributed by atoms with Gasteiger partial charge >= 0.3 is 0 Å². The molecular weight excluding hydrogens is 238 g/mol. The first-order chi connectivity index (χ1) is 8.28. The third kappa shape index (κ3) is 1.86. The van der Waals surface area contributed by atoms with Crippen molar-refractivity contribution in [2.75, 3.05) is 0 Å². The Balaban J connectivity index is 1.93. The van der Waals surface area contributed by atoms with Crippen molar-refractivity contribution in [2.24, 2.45) is 5.11 Å². The van der Waals surface area contributed by atoms with Crippen LogP contribution < -0.4 is 5.32 Å². The van der Waals surface area contributed by atoms with Crippen molar-refractivity contribution in [3.05, 3.63) is 33.4 Å². The summed E-state index contributed by atoms with van der Waals surface area (Å²) >= 11 is 5.87. The van der Waals surface area contributed by atoms with E-state index < -0.39 is 0 Å². The van der Waals surface area contributed by atoms with Crippen LogP contribution in [0.3, 0.4) is 0 Å². The van der Waals surface area contributed by atoms with E-state index in [1.54, 1.807) is 6.20 Å². The van der Waals surface area contributed by atoms with Crippen LogP contribution in [-0.4, -0.2) is 17.1 Å². The maximum atomic E-state index is 8.47. The molecule has 1 aromatic heterocycles. The van der Waals surface area contributed by atoms with E-state index in [0.717, 1.165) is 12.0 Å². The first-order valence-electron chi connectivity index (χ1n) is 5.74. The summed E-state index contributed by atoms with van der Waals surface area (Å²) in [5.41, 5.74) is 10.0. The number of halogens is 1. The monoisotopic (exact) mass is 249 g/mol. The Morgan fingerprint density at radius 3 is 3.06 bits per heavy atom. The summed E-state index contributed by atoms with van der Waals surface area (Å²) in [5, 5.41) is 7.41. The van der Waals surface area contributed by atoms with Gasteiger partial charge < -0.3 is 5.32 Å². The molecule has 2 fully saturated rings. The summed E-state index contributed by atoms with van der Waals surface area (Å²) in [6.07, 6.45) is 5.43. The largest absolute Gasteiger partial charge is 0.311 e. The van der Waals surface area contributed by atoms with Crippen LogP contribution in [-0.2, 0) is 0 Å². The highest BCUT2D eigenvalue weighted by molar-refractivity contribution is 6.31. The topological polar surface area (TPSA) is 73.7 Å². The molecule has 2 aliphatic heterocycles. The van der Waals surface area contributed by atoms with Crippen molar-refractivity contribution in [3.63, 3.8) is 0 Å². The number of nitrogens with zero attached hydrogens (tertiary/aromatic N) is 4. The van der Waals surface area contributed by atoms with E-state index in [4.69, 9.17) is 17.1 Å². The highest BCUT2D eigenvalue weighted by Gasteiger charge is 2.39. The summed E-state index contributed by atoms with van der Waals surface area (Å²) < 4.78 is 0. The molecule has 5 nitrogen and oxygen atoms in total. The number of hydrogen-bond donors (Lipinski definition) is 1. The second-order valence-corrected chi connectivity index (χ2v) is 5.02. The zero-order chi connectivity index (χ0) is 11.8. The molecule has 0 unspecified atom stereocenters. The van der Waals surface area contributed by atoms with E-state index in [0.29, 0.717) is 23.7 Å². The highest BCUT2D eigenvalue weighted by Crippen LogP contribution is 2.41. The highest BCUT2D eigenvalue weighted by atomic mass is 35.5. The Bertz CT molecular complexity index is 497. The molecule has 0 amide bonds. The lowest BCUT2D eigenvalue weighted by molar-refractivity contribution is 0.505. The smallest absolute Gasteiger partial charge is 0.138 e. The first-order valence-corrected chi connectivity index (χ1v) is 6.12. The number of aromatic nitrogens is 1. The molecule has 1 aromatic rings. The Morgan fingerprint density at radius 2 is 2.41 bits per heavy atom. The van der Waals surface area contributed by atoms with Crippen LogP contribution in [0.5, 0.6) is 0 Å². The molecule has 2 saturated heterocycles. The quantitative estimate of drug-likeness (QED) is 0.378. The van der Waals surface area contributed by atoms with Gasteiger partial charge in [0.05, 0.1) is 5.69 Å². The second kappa shape index (κ2) is 4.18. The lowest BCUT2D eigenvalue weighted by Gasteiger charge is -2.20. The van der Waals surface area contributed by atoms with Crippen LogP contribution in [0.25, 0.3) is 10.4 Å². The average molecular weight is 250 g/mol. The molecule has 0 aromatic carbocycles. The van der Waals surface area contributed by atoms with Gasteiger partial charge in [0.1, 0.15) is 5.15 Å². The van der Waals surface area contributed by atoms with Crippen LogP contribution in [0.2, 0.25) is 5.15 Å². The SMILES string of the molecule is [N-]=[N+]=Nc1cc([C@H]2C[C@@H]3CC[C@H]2N3)cnc1Cl. The van der Waals surface area contributed by atoms with Gasteiger partial charge in [-0.05, 0) is 36.4 Å². The maximum absolute atomic E-state index is 8.47. The molecule has 0 saturated carbocycles. The maximum Gasteiger partial charge on any atom is 0.138 e. The lowest BCUT2D eigenvalue weighted by atomic mass is 9.84. The number of fused-ring (bicyclic) bond motifs is 2. The van der Waals surface area contributed by atoms with Gasteiger partial charge in [-0.1, -0.05) is 16.7 Å². The number of pyridine rings is 1. The molecule has 88 valence electrons. The van der Waals surface area contributed by atoms with Crippen LogP contribution in [0.15, 0.2) is 17.4 Å². The molecule has 3 rings (SSSR count). The zero-order valence-corrected chi connectivity index (χ0v) is 9.93. The average Bonchev–Trinajstić information content (AvgIpc) is 2.94. The van der Waals surface area contributed by atoms with Crippen LogP contribution in [0.1, 0.15) is 30.7 Å². The summed E-state index contributed by atoms with van der Waals surface area (Å²) in [5.74, 6) is 0.478. The van der Waals surface area contributed by atoms with Crippen LogP contribution in [0.4, 0.5) is 5.69 Å². The predicted molar refractivity (Wildman–Crippen MR) is 65.4 cm³/mol. The van der Waals surface area contributed by atoms with Gasteiger partial charge in [0, 0.05) is 29.1 Å². The molecule has 0 aliphatic carbocycles. The van der Waals surface area contributed by atoms with E-state index in [1.165, 1.54) is 12.8 Å². The predicted octanol–water partition coefficient (Wildman–Crippen LogP) is 3.28. The van der Waals surface area contributed by atoms with E-state index in [9.17, 15) is 0 Å². The van der Waals surface area contributed by atoms with Gasteiger partial charge in [-0.3, -0.25) is 0 Å². The Labute approximate surface area is 104 Å². The van der Waals surface area contributed by atoms with Crippen molar-refractivity contribution in [1.29, 1.82) is 0 Å². The number of rotatable bonds is 2. The van der Waals surface area contributed by atoms with Gasteiger partial charge in [0.25, 0.3) is 0 Å². The third-order valence-electron chi connectivity index (χ3n) is 3.72. The van der Waals surface area contributed by atoms with Crippen molar-refractivity contribution >= 4 is 17.3 Å². The van der Waals surface area contributed by atoms with Gasteiger partial charge in [0.15, 0.2) is 0 Å². The standard InChI is InChI=1S/C11H12ClN5/c12-11-10(16-17-13)3-6(5-14-11)8-4-7-1-2-9(8)15-7/h3,5,7-9,15H,1-2,4H2/t7-,8+,9+/m0/s1. The fraction of sp³-hybridized carbons (Fsp3) is 0.545. The molecule has 17 heavy (non-hydrogen) atoms. The molecule has 3 atom stereocenters. The third-order valence-corrected chi connectivity index (χ3v) is 4.01. The first kappa shape index (κ1) is 10.8. The van der Waals surface area contributed by atoms with Crippen LogP contribution >= 0.6 is 11.6 Å². The molecule has 0 radical (unpaired) electrons. The summed E-state index contributed by atoms with van der Waals surface area (Å²) in [6, 6.07) is 3.05. The molecule has 6 heteroatoms.